The first-order chi connectivity index (χ1) is 19.8. The molecule has 4 rings (SSSR count). The molecular formula is C34H40FN3O3. The molecule has 0 fully saturated rings. The highest BCUT2D eigenvalue weighted by Crippen LogP contribution is 2.32. The molecule has 0 aliphatic carbocycles. The maximum Gasteiger partial charge on any atom is 0.162 e. The summed E-state index contributed by atoms with van der Waals surface area (Å²) in [4.78, 5) is 13.0. The average molecular weight is 558 g/mol. The lowest BCUT2D eigenvalue weighted by Crippen LogP contribution is -2.17. The zero-order valence-corrected chi connectivity index (χ0v) is 24.3. The topological polar surface area (TPSA) is 76.4 Å². The van der Waals surface area contributed by atoms with Gasteiger partial charge < -0.3 is 15.2 Å². The van der Waals surface area contributed by atoms with Crippen molar-refractivity contribution in [3.8, 4) is 16.9 Å². The molecule has 4 aromatic rings. The van der Waals surface area contributed by atoms with Gasteiger partial charge in [0.1, 0.15) is 11.6 Å². The molecule has 0 bridgehead atoms. The van der Waals surface area contributed by atoms with E-state index in [1.807, 2.05) is 48.1 Å². The Morgan fingerprint density at radius 3 is 2.63 bits per heavy atom. The number of carbonyl (C=O) groups is 1. The molecule has 0 radical (unpaired) electrons. The highest BCUT2D eigenvalue weighted by atomic mass is 19.1. The zero-order chi connectivity index (χ0) is 29.4. The predicted molar refractivity (Wildman–Crippen MR) is 163 cm³/mol. The lowest BCUT2D eigenvalue weighted by atomic mass is 9.93. The Kier molecular flexibility index (Phi) is 10.3. The van der Waals surface area contributed by atoms with E-state index >= 15 is 0 Å². The molecule has 0 saturated carbocycles. The smallest absolute Gasteiger partial charge is 0.162 e. The molecule has 6 nitrogen and oxygen atoms in total. The van der Waals surface area contributed by atoms with Crippen LogP contribution < -0.4 is 5.32 Å². The zero-order valence-electron chi connectivity index (χ0n) is 24.3. The van der Waals surface area contributed by atoms with Crippen molar-refractivity contribution >= 4 is 22.4 Å². The number of carbonyl (C=O) groups excluding carboxylic acids is 1. The standard InChI is InChI=1S/C34H40FN3O3/c1-5-7-25(21-38-22-31-32(37-38)17-16-30(34(31)40)24(3)36-18-19-41-4)8-6-9-33(39)27-12-15-29(23(2)20-27)26-10-13-28(35)14-11-26/h10-17,20,22,25,36,40H,3,5-9,18-19,21H2,1-2,4H3. The molecule has 3 aromatic carbocycles. The van der Waals surface area contributed by atoms with E-state index in [1.165, 1.54) is 12.1 Å². The predicted octanol–water partition coefficient (Wildman–Crippen LogP) is 7.53. The van der Waals surface area contributed by atoms with Gasteiger partial charge in [-0.25, -0.2) is 4.39 Å². The first kappa shape index (κ1) is 30.0. The molecular weight excluding hydrogens is 517 g/mol. The Morgan fingerprint density at radius 1 is 1.15 bits per heavy atom. The average Bonchev–Trinajstić information content (AvgIpc) is 3.37. The number of hydrogen-bond donors (Lipinski definition) is 2. The SMILES string of the molecule is C=C(NCCOC)c1ccc2nn(CC(CCC)CCCC(=O)c3ccc(-c4ccc(F)cc4)c(C)c3)cc2c1O. The van der Waals surface area contributed by atoms with Crippen LogP contribution >= 0.6 is 0 Å². The number of aryl methyl sites for hydroxylation is 1. The van der Waals surface area contributed by atoms with E-state index in [2.05, 4.69) is 18.8 Å². The highest BCUT2D eigenvalue weighted by Gasteiger charge is 2.16. The van der Waals surface area contributed by atoms with E-state index in [4.69, 9.17) is 9.84 Å². The van der Waals surface area contributed by atoms with Gasteiger partial charge in [-0.1, -0.05) is 44.2 Å². The van der Waals surface area contributed by atoms with E-state index in [9.17, 15) is 14.3 Å². The van der Waals surface area contributed by atoms with E-state index in [0.29, 0.717) is 47.7 Å². The van der Waals surface area contributed by atoms with Crippen molar-refractivity contribution in [3.63, 3.8) is 0 Å². The second-order valence-electron chi connectivity index (χ2n) is 10.7. The number of nitrogens with zero attached hydrogens (tertiary/aromatic N) is 2. The number of phenolic OH excluding ortho intramolecular Hbond substituents is 1. The van der Waals surface area contributed by atoms with Gasteiger partial charge in [-0.3, -0.25) is 9.48 Å². The lowest BCUT2D eigenvalue weighted by Gasteiger charge is -2.16. The molecule has 1 heterocycles. The number of aromatic hydroxyl groups is 1. The molecule has 0 saturated heterocycles. The van der Waals surface area contributed by atoms with Crippen LogP contribution in [0.25, 0.3) is 27.7 Å². The Hall–Kier alpha value is -3.97. The van der Waals surface area contributed by atoms with Gasteiger partial charge in [-0.05, 0) is 79.1 Å². The van der Waals surface area contributed by atoms with Gasteiger partial charge >= 0.3 is 0 Å². The van der Waals surface area contributed by atoms with E-state index in [-0.39, 0.29) is 17.3 Å². The van der Waals surface area contributed by atoms with Gasteiger partial charge in [0, 0.05) is 49.6 Å². The second-order valence-corrected chi connectivity index (χ2v) is 10.7. The number of rotatable bonds is 15. The van der Waals surface area contributed by atoms with Crippen molar-refractivity contribution in [2.45, 2.75) is 52.5 Å². The number of phenols is 1. The minimum atomic E-state index is -0.263. The number of fused-ring (bicyclic) bond motifs is 1. The fourth-order valence-electron chi connectivity index (χ4n) is 5.35. The van der Waals surface area contributed by atoms with Crippen molar-refractivity contribution in [3.05, 3.63) is 89.9 Å². The molecule has 7 heteroatoms. The number of ether oxygens (including phenoxy) is 1. The van der Waals surface area contributed by atoms with Crippen LogP contribution in [-0.4, -0.2) is 40.9 Å². The van der Waals surface area contributed by atoms with E-state index in [0.717, 1.165) is 54.4 Å². The quantitative estimate of drug-likeness (QED) is 0.117. The Balaban J connectivity index is 1.36. The van der Waals surface area contributed by atoms with Crippen LogP contribution in [0.15, 0.2) is 67.4 Å². The summed E-state index contributed by atoms with van der Waals surface area (Å²) in [6.45, 7) is 10.1. The third-order valence-corrected chi connectivity index (χ3v) is 7.54. The van der Waals surface area contributed by atoms with Crippen molar-refractivity contribution < 1.29 is 19.0 Å². The van der Waals surface area contributed by atoms with Gasteiger partial charge in [0.25, 0.3) is 0 Å². The monoisotopic (exact) mass is 557 g/mol. The third kappa shape index (κ3) is 7.61. The van der Waals surface area contributed by atoms with Gasteiger partial charge in [0.2, 0.25) is 0 Å². The Labute approximate surface area is 241 Å². The van der Waals surface area contributed by atoms with Crippen LogP contribution in [0.1, 0.15) is 60.5 Å². The summed E-state index contributed by atoms with van der Waals surface area (Å²) < 4.78 is 20.3. The number of aromatic nitrogens is 2. The molecule has 41 heavy (non-hydrogen) atoms. The molecule has 0 aliphatic heterocycles. The van der Waals surface area contributed by atoms with Gasteiger partial charge in [0.15, 0.2) is 5.78 Å². The number of ketones is 1. The van der Waals surface area contributed by atoms with Crippen molar-refractivity contribution in [1.29, 1.82) is 0 Å². The number of nitrogens with one attached hydrogen (secondary N) is 1. The second kappa shape index (κ2) is 14.1. The van der Waals surface area contributed by atoms with Crippen LogP contribution in [0.3, 0.4) is 0 Å². The van der Waals surface area contributed by atoms with E-state index in [1.54, 1.807) is 19.2 Å². The van der Waals surface area contributed by atoms with Crippen LogP contribution in [0.2, 0.25) is 0 Å². The summed E-state index contributed by atoms with van der Waals surface area (Å²) in [6.07, 6.45) is 6.18. The summed E-state index contributed by atoms with van der Waals surface area (Å²) >= 11 is 0. The van der Waals surface area contributed by atoms with Gasteiger partial charge in [-0.15, -0.1) is 0 Å². The third-order valence-electron chi connectivity index (χ3n) is 7.54. The van der Waals surface area contributed by atoms with Gasteiger partial charge in [-0.2, -0.15) is 5.10 Å². The van der Waals surface area contributed by atoms with Crippen molar-refractivity contribution in [1.82, 2.24) is 15.1 Å². The molecule has 1 aromatic heterocycles. The fourth-order valence-corrected chi connectivity index (χ4v) is 5.35. The largest absolute Gasteiger partial charge is 0.506 e. The minimum absolute atomic E-state index is 0.135. The summed E-state index contributed by atoms with van der Waals surface area (Å²) in [5.41, 5.74) is 5.67. The molecule has 216 valence electrons. The summed E-state index contributed by atoms with van der Waals surface area (Å²) in [7, 11) is 1.64. The van der Waals surface area contributed by atoms with Crippen LogP contribution in [0.4, 0.5) is 4.39 Å². The number of halogens is 1. The number of methoxy groups -OCH3 is 1. The number of hydrogen-bond acceptors (Lipinski definition) is 5. The van der Waals surface area contributed by atoms with E-state index < -0.39 is 0 Å². The molecule has 1 atom stereocenters. The normalized spacial score (nSPS) is 12.0. The summed E-state index contributed by atoms with van der Waals surface area (Å²) in [6, 6.07) is 15.9. The van der Waals surface area contributed by atoms with Crippen LogP contribution in [0, 0.1) is 18.7 Å². The molecule has 2 N–H and O–H groups in total. The first-order valence-corrected chi connectivity index (χ1v) is 14.3. The van der Waals surface area contributed by atoms with Crippen molar-refractivity contribution in [2.75, 3.05) is 20.3 Å². The van der Waals surface area contributed by atoms with Gasteiger partial charge in [0.05, 0.1) is 17.5 Å². The molecule has 0 amide bonds. The summed E-state index contributed by atoms with van der Waals surface area (Å²) in [5, 5.41) is 19.5. The first-order valence-electron chi connectivity index (χ1n) is 14.3. The number of Topliss-reactive ketones (excluding diaryl/α,β-unsaturated/α-hetero) is 1. The molecule has 0 spiro atoms. The summed E-state index contributed by atoms with van der Waals surface area (Å²) in [5.74, 6) is 0.413. The molecule has 0 aliphatic rings. The Bertz CT molecular complexity index is 1490. The van der Waals surface area contributed by atoms with Crippen LogP contribution in [-0.2, 0) is 11.3 Å². The Morgan fingerprint density at radius 2 is 1.93 bits per heavy atom. The number of benzene rings is 3. The fraction of sp³-hybridized carbons (Fsp3) is 0.353. The van der Waals surface area contributed by atoms with Crippen molar-refractivity contribution in [2.24, 2.45) is 5.92 Å². The molecule has 1 unspecified atom stereocenters. The lowest BCUT2D eigenvalue weighted by molar-refractivity contribution is 0.0977. The minimum Gasteiger partial charge on any atom is -0.506 e. The maximum absolute atomic E-state index is 13.3. The van der Waals surface area contributed by atoms with Crippen LogP contribution in [0.5, 0.6) is 5.75 Å². The highest BCUT2D eigenvalue weighted by molar-refractivity contribution is 5.97. The maximum atomic E-state index is 13.3.